The molecule has 9 heavy (non-hydrogen) atoms. The minimum absolute atomic E-state index is 0.762. The molecule has 0 amide bonds. The Bertz CT molecular complexity index is 164. The van der Waals surface area contributed by atoms with Crippen molar-refractivity contribution in [1.29, 1.82) is 0 Å². The Hall–Kier alpha value is -0.990. The van der Waals surface area contributed by atoms with E-state index in [2.05, 4.69) is 11.3 Å². The fourth-order valence-corrected chi connectivity index (χ4v) is 0.668. The van der Waals surface area contributed by atoms with E-state index in [1.807, 2.05) is 6.92 Å². The summed E-state index contributed by atoms with van der Waals surface area (Å²) in [5, 5.41) is 3.87. The van der Waals surface area contributed by atoms with Crippen LogP contribution in [0.1, 0.15) is 6.92 Å². The van der Waals surface area contributed by atoms with Gasteiger partial charge in [-0.25, -0.2) is 4.68 Å². The van der Waals surface area contributed by atoms with Crippen molar-refractivity contribution in [3.8, 4) is 5.88 Å². The van der Waals surface area contributed by atoms with Crippen molar-refractivity contribution < 1.29 is 4.74 Å². The quantitative estimate of drug-likeness (QED) is 0.582. The predicted molar refractivity (Wildman–Crippen MR) is 33.3 cm³/mol. The molecule has 49 valence electrons. The topological polar surface area (TPSA) is 27.1 Å². The first-order chi connectivity index (χ1) is 4.38. The largest absolute Gasteiger partial charge is 0.481 e. The molecule has 1 aromatic heterocycles. The van der Waals surface area contributed by atoms with Crippen molar-refractivity contribution in [3.05, 3.63) is 12.3 Å². The third kappa shape index (κ3) is 1.04. The monoisotopic (exact) mass is 125 g/mol. The normalized spacial score (nSPS) is 9.56. The van der Waals surface area contributed by atoms with Crippen molar-refractivity contribution in [2.75, 3.05) is 7.11 Å². The first-order valence-electron chi connectivity index (χ1n) is 2.86. The smallest absolute Gasteiger partial charge is 0.212 e. The van der Waals surface area contributed by atoms with Crippen molar-refractivity contribution in [3.63, 3.8) is 0 Å². The predicted octanol–water partition coefficient (Wildman–Crippen LogP) is 0.712. The van der Waals surface area contributed by atoms with Gasteiger partial charge in [0.15, 0.2) is 0 Å². The summed E-state index contributed by atoms with van der Waals surface area (Å²) in [6.45, 7) is 2.83. The Kier molecular flexibility index (Phi) is 1.72. The maximum absolute atomic E-state index is 4.95. The van der Waals surface area contributed by atoms with Gasteiger partial charge >= 0.3 is 0 Å². The number of aromatic nitrogens is 2. The maximum atomic E-state index is 4.95. The van der Waals surface area contributed by atoms with Gasteiger partial charge in [0.1, 0.15) is 6.20 Å². The van der Waals surface area contributed by atoms with Crippen LogP contribution >= 0.6 is 0 Å². The highest BCUT2D eigenvalue weighted by Gasteiger charge is 1.96. The lowest BCUT2D eigenvalue weighted by Crippen LogP contribution is -1.98. The second kappa shape index (κ2) is 2.53. The molecule has 0 spiro atoms. The van der Waals surface area contributed by atoms with Crippen LogP contribution in [0.15, 0.2) is 6.07 Å². The van der Waals surface area contributed by atoms with Crippen LogP contribution in [0.5, 0.6) is 5.88 Å². The minimum Gasteiger partial charge on any atom is -0.481 e. The summed E-state index contributed by atoms with van der Waals surface area (Å²) in [6, 6.07) is 1.71. The van der Waals surface area contributed by atoms with Crippen molar-refractivity contribution in [2.45, 2.75) is 13.5 Å². The molecule has 0 fully saturated rings. The Labute approximate surface area is 54.2 Å². The van der Waals surface area contributed by atoms with Crippen LogP contribution in [-0.4, -0.2) is 16.9 Å². The van der Waals surface area contributed by atoms with Crippen LogP contribution in [0.4, 0.5) is 0 Å². The number of nitrogens with zero attached hydrogens (tertiary/aromatic N) is 2. The van der Waals surface area contributed by atoms with E-state index in [1.54, 1.807) is 17.9 Å². The summed E-state index contributed by atoms with van der Waals surface area (Å²) >= 11 is 0. The molecule has 0 aromatic carbocycles. The summed E-state index contributed by atoms with van der Waals surface area (Å²) in [4.78, 5) is 0. The molecule has 1 rings (SSSR count). The van der Waals surface area contributed by atoms with Gasteiger partial charge < -0.3 is 4.74 Å². The molecule has 0 unspecified atom stereocenters. The Morgan fingerprint density at radius 3 is 3.11 bits per heavy atom. The Morgan fingerprint density at radius 2 is 2.67 bits per heavy atom. The first-order valence-corrected chi connectivity index (χ1v) is 2.86. The van der Waals surface area contributed by atoms with Gasteiger partial charge in [-0.05, 0) is 6.92 Å². The zero-order chi connectivity index (χ0) is 6.69. The summed E-state index contributed by atoms with van der Waals surface area (Å²) in [6.07, 6.45) is 2.69. The fraction of sp³-hybridized carbons (Fsp3) is 0.500. The number of hydrogen-bond acceptors (Lipinski definition) is 2. The van der Waals surface area contributed by atoms with Crippen LogP contribution in [-0.2, 0) is 6.54 Å². The van der Waals surface area contributed by atoms with E-state index in [-0.39, 0.29) is 0 Å². The zero-order valence-corrected chi connectivity index (χ0v) is 5.59. The lowest BCUT2D eigenvalue weighted by atomic mass is 10.6. The number of aryl methyl sites for hydroxylation is 1. The Balaban J connectivity index is 2.85. The molecule has 0 bridgehead atoms. The van der Waals surface area contributed by atoms with Gasteiger partial charge in [0.05, 0.1) is 7.11 Å². The first kappa shape index (κ1) is 6.13. The number of methoxy groups -OCH3 is 1. The van der Waals surface area contributed by atoms with Gasteiger partial charge in [-0.1, -0.05) is 0 Å². The van der Waals surface area contributed by atoms with Crippen molar-refractivity contribution in [2.24, 2.45) is 0 Å². The van der Waals surface area contributed by atoms with E-state index >= 15 is 0 Å². The molecule has 0 aliphatic rings. The van der Waals surface area contributed by atoms with Gasteiger partial charge in [0, 0.05) is 12.6 Å². The summed E-state index contributed by atoms with van der Waals surface area (Å²) < 4.78 is 6.68. The third-order valence-corrected chi connectivity index (χ3v) is 1.13. The fourth-order valence-electron chi connectivity index (χ4n) is 0.668. The molecule has 1 aromatic rings. The zero-order valence-electron chi connectivity index (χ0n) is 5.59. The second-order valence-corrected chi connectivity index (χ2v) is 1.63. The molecule has 0 N–H and O–H groups in total. The summed E-state index contributed by atoms with van der Waals surface area (Å²) in [7, 11) is 1.62. The number of rotatable bonds is 2. The molecule has 3 heteroatoms. The van der Waals surface area contributed by atoms with Crippen LogP contribution in [0.3, 0.4) is 0 Å². The van der Waals surface area contributed by atoms with Gasteiger partial charge in [-0.15, -0.1) is 0 Å². The summed E-state index contributed by atoms with van der Waals surface area (Å²) in [5.74, 6) is 0.762. The van der Waals surface area contributed by atoms with Gasteiger partial charge in [0.2, 0.25) is 5.88 Å². The standard InChI is InChI=1S/C6H9N2O/c1-3-8-6(9-2)4-5-7-8/h4H,3H2,1-2H3. The molecule has 0 saturated carbocycles. The van der Waals surface area contributed by atoms with E-state index in [9.17, 15) is 0 Å². The van der Waals surface area contributed by atoms with Crippen molar-refractivity contribution >= 4 is 0 Å². The highest BCUT2D eigenvalue weighted by Crippen LogP contribution is 2.05. The maximum Gasteiger partial charge on any atom is 0.212 e. The molecular formula is C6H9N2O. The molecule has 0 atom stereocenters. The molecule has 0 aliphatic heterocycles. The second-order valence-electron chi connectivity index (χ2n) is 1.63. The van der Waals surface area contributed by atoms with E-state index in [4.69, 9.17) is 4.74 Å². The molecule has 3 nitrogen and oxygen atoms in total. The lowest BCUT2D eigenvalue weighted by molar-refractivity contribution is 0.364. The SMILES string of the molecule is CCn1n[c]cc1OC. The van der Waals surface area contributed by atoms with E-state index in [0.717, 1.165) is 12.4 Å². The minimum atomic E-state index is 0.762. The average Bonchev–Trinajstić information content (AvgIpc) is 2.33. The molecule has 0 aliphatic carbocycles. The van der Waals surface area contributed by atoms with Crippen LogP contribution in [0.25, 0.3) is 0 Å². The Morgan fingerprint density at radius 1 is 1.89 bits per heavy atom. The van der Waals surface area contributed by atoms with Crippen LogP contribution in [0.2, 0.25) is 0 Å². The summed E-state index contributed by atoms with van der Waals surface area (Å²) in [5.41, 5.74) is 0. The molecule has 1 heterocycles. The van der Waals surface area contributed by atoms with Crippen LogP contribution < -0.4 is 4.74 Å². The number of hydrogen-bond donors (Lipinski definition) is 0. The van der Waals surface area contributed by atoms with E-state index < -0.39 is 0 Å². The lowest BCUT2D eigenvalue weighted by Gasteiger charge is -1.99. The highest BCUT2D eigenvalue weighted by atomic mass is 16.5. The average molecular weight is 125 g/mol. The van der Waals surface area contributed by atoms with Crippen LogP contribution in [0, 0.1) is 6.20 Å². The van der Waals surface area contributed by atoms with Gasteiger partial charge in [-0.2, -0.15) is 5.10 Å². The van der Waals surface area contributed by atoms with Crippen molar-refractivity contribution in [1.82, 2.24) is 9.78 Å². The molecule has 1 radical (unpaired) electrons. The van der Waals surface area contributed by atoms with E-state index in [0.29, 0.717) is 0 Å². The van der Waals surface area contributed by atoms with Gasteiger partial charge in [-0.3, -0.25) is 0 Å². The highest BCUT2D eigenvalue weighted by molar-refractivity contribution is 5.05. The third-order valence-electron chi connectivity index (χ3n) is 1.13. The molecule has 0 saturated heterocycles. The number of ether oxygens (including phenoxy) is 1. The van der Waals surface area contributed by atoms with E-state index in [1.165, 1.54) is 0 Å². The van der Waals surface area contributed by atoms with Gasteiger partial charge in [0.25, 0.3) is 0 Å². The molecular weight excluding hydrogens is 116 g/mol.